The smallest absolute Gasteiger partial charge is 0.0319 e. The zero-order valence-electron chi connectivity index (χ0n) is 7.14. The van der Waals surface area contributed by atoms with E-state index in [1.54, 1.807) is 0 Å². The first-order valence-electron chi connectivity index (χ1n) is 2.98. The molecule has 0 spiro atoms. The van der Waals surface area contributed by atoms with Crippen molar-refractivity contribution >= 4 is 12.4 Å². The number of aliphatic hydroxyl groups is 1. The maximum Gasteiger partial charge on any atom is 0.0319 e. The third-order valence-corrected chi connectivity index (χ3v) is 1.11. The third kappa shape index (κ3) is 8.52. The summed E-state index contributed by atoms with van der Waals surface area (Å²) in [4.78, 5) is 0. The van der Waals surface area contributed by atoms with Crippen molar-refractivity contribution in [3.05, 3.63) is 23.3 Å². The van der Waals surface area contributed by atoms with Gasteiger partial charge in [-0.3, -0.25) is 6.08 Å². The van der Waals surface area contributed by atoms with E-state index in [9.17, 15) is 0 Å². The predicted octanol–water partition coefficient (Wildman–Crippen LogP) is 2.11. The SMILES string of the molecule is CC1=[C-]CC(C)=C1.CO.Cl.[Zr]. The second-order valence-electron chi connectivity index (χ2n) is 2.03. The fourth-order valence-corrected chi connectivity index (χ4v) is 0.751. The van der Waals surface area contributed by atoms with E-state index in [-0.39, 0.29) is 38.6 Å². The predicted molar refractivity (Wildman–Crippen MR) is 46.2 cm³/mol. The quantitative estimate of drug-likeness (QED) is 0.655. The average molecular weight is 253 g/mol. The Balaban J connectivity index is -0.000000149. The first-order valence-corrected chi connectivity index (χ1v) is 2.98. The Hall–Kier alpha value is 0.613. The number of aliphatic hydroxyl groups excluding tert-OH is 1. The van der Waals surface area contributed by atoms with E-state index in [4.69, 9.17) is 5.11 Å². The van der Waals surface area contributed by atoms with Gasteiger partial charge >= 0.3 is 0 Å². The molecule has 0 aliphatic heterocycles. The van der Waals surface area contributed by atoms with Gasteiger partial charge in [0.15, 0.2) is 0 Å². The van der Waals surface area contributed by atoms with Gasteiger partial charge in [-0.25, -0.2) is 11.6 Å². The van der Waals surface area contributed by atoms with E-state index in [0.717, 1.165) is 13.5 Å². The van der Waals surface area contributed by atoms with Crippen molar-refractivity contribution < 1.29 is 31.3 Å². The zero-order chi connectivity index (χ0) is 7.28. The summed E-state index contributed by atoms with van der Waals surface area (Å²) >= 11 is 0. The molecule has 64 valence electrons. The van der Waals surface area contributed by atoms with Crippen LogP contribution in [0.3, 0.4) is 0 Å². The molecule has 0 aromatic carbocycles. The van der Waals surface area contributed by atoms with Crippen LogP contribution >= 0.6 is 12.4 Å². The molecule has 11 heavy (non-hydrogen) atoms. The Kier molecular flexibility index (Phi) is 17.0. The van der Waals surface area contributed by atoms with Gasteiger partial charge in [0.05, 0.1) is 0 Å². The zero-order valence-corrected chi connectivity index (χ0v) is 10.4. The molecule has 0 atom stereocenters. The van der Waals surface area contributed by atoms with Crippen LogP contribution in [0.2, 0.25) is 0 Å². The van der Waals surface area contributed by atoms with Gasteiger partial charge in [-0.1, -0.05) is 13.8 Å². The van der Waals surface area contributed by atoms with Crippen molar-refractivity contribution in [1.29, 1.82) is 0 Å². The molecule has 0 unspecified atom stereocenters. The minimum Gasteiger partial charge on any atom is -0.400 e. The molecule has 0 radical (unpaired) electrons. The fourth-order valence-electron chi connectivity index (χ4n) is 0.751. The molecule has 0 saturated carbocycles. The summed E-state index contributed by atoms with van der Waals surface area (Å²) < 4.78 is 0. The Labute approximate surface area is 94.1 Å². The van der Waals surface area contributed by atoms with Crippen LogP contribution in [0.15, 0.2) is 17.2 Å². The maximum atomic E-state index is 7.00. The van der Waals surface area contributed by atoms with Crippen molar-refractivity contribution in [3.8, 4) is 0 Å². The normalized spacial score (nSPS) is 12.7. The van der Waals surface area contributed by atoms with Crippen molar-refractivity contribution in [2.75, 3.05) is 7.11 Å². The molecule has 0 saturated heterocycles. The molecule has 3 heteroatoms. The topological polar surface area (TPSA) is 20.2 Å². The van der Waals surface area contributed by atoms with Gasteiger partial charge in [0.25, 0.3) is 0 Å². The molecular formula is C8H14ClOZr-. The summed E-state index contributed by atoms with van der Waals surface area (Å²) in [5, 5.41) is 7.00. The maximum absolute atomic E-state index is 7.00. The van der Waals surface area contributed by atoms with Gasteiger partial charge in [-0.05, 0) is 0 Å². The van der Waals surface area contributed by atoms with E-state index >= 15 is 0 Å². The van der Waals surface area contributed by atoms with Crippen LogP contribution in [-0.2, 0) is 26.2 Å². The van der Waals surface area contributed by atoms with E-state index in [2.05, 4.69) is 26.0 Å². The molecule has 1 nitrogen and oxygen atoms in total. The number of hydrogen-bond acceptors (Lipinski definition) is 1. The Morgan fingerprint density at radius 2 is 1.82 bits per heavy atom. The van der Waals surface area contributed by atoms with Crippen LogP contribution in [0.5, 0.6) is 0 Å². The van der Waals surface area contributed by atoms with Gasteiger partial charge in [-0.15, -0.1) is 18.8 Å². The van der Waals surface area contributed by atoms with E-state index in [0.29, 0.717) is 0 Å². The number of allylic oxidation sites excluding steroid dienone is 4. The summed E-state index contributed by atoms with van der Waals surface area (Å²) in [7, 11) is 1.00. The van der Waals surface area contributed by atoms with Crippen LogP contribution < -0.4 is 0 Å². The summed E-state index contributed by atoms with van der Waals surface area (Å²) in [6.45, 7) is 4.21. The van der Waals surface area contributed by atoms with Crippen LogP contribution in [0.4, 0.5) is 0 Å². The van der Waals surface area contributed by atoms with E-state index < -0.39 is 0 Å². The first kappa shape index (κ1) is 17.6. The first-order chi connectivity index (χ1) is 4.29. The third-order valence-electron chi connectivity index (χ3n) is 1.11. The second-order valence-corrected chi connectivity index (χ2v) is 2.03. The molecule has 0 fully saturated rings. The molecule has 1 rings (SSSR count). The van der Waals surface area contributed by atoms with Gasteiger partial charge in [0.1, 0.15) is 0 Å². The van der Waals surface area contributed by atoms with Crippen LogP contribution in [0, 0.1) is 6.08 Å². The van der Waals surface area contributed by atoms with Crippen molar-refractivity contribution in [3.63, 3.8) is 0 Å². The second kappa shape index (κ2) is 10.6. The van der Waals surface area contributed by atoms with Crippen molar-refractivity contribution in [1.82, 2.24) is 0 Å². The molecule has 0 heterocycles. The molecule has 1 aliphatic rings. The minimum atomic E-state index is 0. The number of hydrogen-bond donors (Lipinski definition) is 1. The number of halogens is 1. The Bertz CT molecular complexity index is 141. The number of rotatable bonds is 0. The summed E-state index contributed by atoms with van der Waals surface area (Å²) in [5.41, 5.74) is 2.72. The van der Waals surface area contributed by atoms with E-state index in [1.165, 1.54) is 11.1 Å². The van der Waals surface area contributed by atoms with Gasteiger partial charge < -0.3 is 5.11 Å². The summed E-state index contributed by atoms with van der Waals surface area (Å²) in [6.07, 6.45) is 6.41. The molecule has 0 aromatic rings. The fraction of sp³-hybridized carbons (Fsp3) is 0.500. The van der Waals surface area contributed by atoms with Crippen molar-refractivity contribution in [2.24, 2.45) is 0 Å². The molecule has 0 bridgehead atoms. The summed E-state index contributed by atoms with van der Waals surface area (Å²) in [5.74, 6) is 0. The van der Waals surface area contributed by atoms with E-state index in [1.807, 2.05) is 0 Å². The van der Waals surface area contributed by atoms with Gasteiger partial charge in [0, 0.05) is 33.3 Å². The Morgan fingerprint density at radius 1 is 1.36 bits per heavy atom. The summed E-state index contributed by atoms with van der Waals surface area (Å²) in [6, 6.07) is 0. The van der Waals surface area contributed by atoms with Crippen LogP contribution in [0.1, 0.15) is 20.3 Å². The minimum absolute atomic E-state index is 0. The molecule has 1 N–H and O–H groups in total. The standard InChI is InChI=1S/C7H9.CH4O.ClH.Zr/c1-6-3-4-7(2)5-6;1-2;;/h5H,3H2,1-2H3;2H,1H3;1H;/q-1;;;. The van der Waals surface area contributed by atoms with Crippen LogP contribution in [-0.4, -0.2) is 12.2 Å². The molecular weight excluding hydrogens is 239 g/mol. The van der Waals surface area contributed by atoms with Crippen molar-refractivity contribution in [2.45, 2.75) is 20.3 Å². The Morgan fingerprint density at radius 3 is 1.91 bits per heavy atom. The molecule has 0 amide bonds. The largest absolute Gasteiger partial charge is 0.400 e. The van der Waals surface area contributed by atoms with Gasteiger partial charge in [-0.2, -0.15) is 5.57 Å². The molecule has 1 aliphatic carbocycles. The molecule has 0 aromatic heterocycles. The van der Waals surface area contributed by atoms with Crippen LogP contribution in [0.25, 0.3) is 0 Å². The monoisotopic (exact) mass is 251 g/mol. The van der Waals surface area contributed by atoms with Gasteiger partial charge in [0.2, 0.25) is 0 Å². The average Bonchev–Trinajstić information content (AvgIpc) is 2.20.